The molecule has 1 aliphatic carbocycles. The van der Waals surface area contributed by atoms with Crippen molar-refractivity contribution in [3.8, 4) is 0 Å². The fourth-order valence-electron chi connectivity index (χ4n) is 2.72. The van der Waals surface area contributed by atoms with E-state index in [1.165, 1.54) is 6.42 Å². The number of aromatic nitrogens is 4. The van der Waals surface area contributed by atoms with Crippen LogP contribution in [-0.4, -0.2) is 19.3 Å². The first-order chi connectivity index (χ1) is 8.49. The van der Waals surface area contributed by atoms with Gasteiger partial charge in [-0.1, -0.05) is 6.92 Å². The van der Waals surface area contributed by atoms with E-state index in [4.69, 9.17) is 11.6 Å². The molecule has 2 aromatic rings. The highest BCUT2D eigenvalue weighted by Crippen LogP contribution is 2.40. The number of halogens is 1. The van der Waals surface area contributed by atoms with E-state index in [0.29, 0.717) is 0 Å². The second kappa shape index (κ2) is 3.98. The predicted octanol–water partition coefficient (Wildman–Crippen LogP) is 3.03. The quantitative estimate of drug-likeness (QED) is 0.801. The number of hydrogen-bond donors (Lipinski definition) is 0. The van der Waals surface area contributed by atoms with Crippen molar-refractivity contribution in [2.24, 2.45) is 18.9 Å². The van der Waals surface area contributed by atoms with E-state index in [1.54, 1.807) is 0 Å². The Kier molecular flexibility index (Phi) is 2.66. The topological polar surface area (TPSA) is 35.6 Å². The van der Waals surface area contributed by atoms with Crippen LogP contribution in [-0.2, 0) is 13.6 Å². The van der Waals surface area contributed by atoms with Gasteiger partial charge in [-0.15, -0.1) is 11.6 Å². The van der Waals surface area contributed by atoms with Crippen LogP contribution in [0, 0.1) is 18.8 Å². The molecule has 0 saturated heterocycles. The highest BCUT2D eigenvalue weighted by molar-refractivity contribution is 6.20. The molecule has 1 fully saturated rings. The molecule has 1 saturated carbocycles. The van der Waals surface area contributed by atoms with Gasteiger partial charge in [-0.3, -0.25) is 4.68 Å². The van der Waals surface area contributed by atoms with Crippen LogP contribution in [0.15, 0.2) is 0 Å². The molecule has 0 aromatic carbocycles. The van der Waals surface area contributed by atoms with Crippen LogP contribution >= 0.6 is 11.6 Å². The van der Waals surface area contributed by atoms with Crippen LogP contribution < -0.4 is 0 Å². The van der Waals surface area contributed by atoms with Crippen molar-refractivity contribution in [1.82, 2.24) is 19.3 Å². The predicted molar refractivity (Wildman–Crippen MR) is 72.8 cm³/mol. The summed E-state index contributed by atoms with van der Waals surface area (Å²) in [6.07, 6.45) is 1.31. The van der Waals surface area contributed by atoms with Crippen molar-refractivity contribution in [3.63, 3.8) is 0 Å². The Bertz CT molecular complexity index is 596. The van der Waals surface area contributed by atoms with Crippen LogP contribution in [0.4, 0.5) is 0 Å². The minimum absolute atomic E-state index is 0.0640. The second-order valence-corrected chi connectivity index (χ2v) is 6.21. The van der Waals surface area contributed by atoms with E-state index in [2.05, 4.69) is 21.6 Å². The van der Waals surface area contributed by atoms with Gasteiger partial charge < -0.3 is 4.57 Å². The van der Waals surface area contributed by atoms with Crippen LogP contribution in [0.5, 0.6) is 0 Å². The van der Waals surface area contributed by atoms with Crippen LogP contribution in [0.3, 0.4) is 0 Å². The van der Waals surface area contributed by atoms with Gasteiger partial charge in [0.25, 0.3) is 0 Å². The first-order valence-corrected chi connectivity index (χ1v) is 6.96. The third kappa shape index (κ3) is 1.74. The first kappa shape index (κ1) is 12.0. The Morgan fingerprint density at radius 1 is 1.50 bits per heavy atom. The summed E-state index contributed by atoms with van der Waals surface area (Å²) in [5.41, 5.74) is 3.08. The summed E-state index contributed by atoms with van der Waals surface area (Å²) in [6.45, 7) is 7.31. The Labute approximate surface area is 112 Å². The maximum Gasteiger partial charge on any atom is 0.158 e. The Hall–Kier alpha value is -1.03. The zero-order chi connectivity index (χ0) is 13.0. The summed E-state index contributed by atoms with van der Waals surface area (Å²) in [5, 5.41) is 4.38. The molecular formula is C13H19ClN4. The van der Waals surface area contributed by atoms with E-state index in [1.807, 2.05) is 25.6 Å². The molecule has 3 rings (SSSR count). The van der Waals surface area contributed by atoms with Gasteiger partial charge in [0.15, 0.2) is 5.65 Å². The second-order valence-electron chi connectivity index (χ2n) is 5.55. The molecule has 0 amide bonds. The molecule has 2 aromatic heterocycles. The van der Waals surface area contributed by atoms with E-state index in [-0.39, 0.29) is 5.38 Å². The van der Waals surface area contributed by atoms with Gasteiger partial charge in [0.2, 0.25) is 0 Å². The van der Waals surface area contributed by atoms with Crippen molar-refractivity contribution < 1.29 is 0 Å². The molecule has 1 aliphatic rings. The van der Waals surface area contributed by atoms with Gasteiger partial charge in [0, 0.05) is 13.6 Å². The van der Waals surface area contributed by atoms with Crippen molar-refractivity contribution in [2.45, 2.75) is 39.1 Å². The highest BCUT2D eigenvalue weighted by Gasteiger charge is 2.34. The van der Waals surface area contributed by atoms with Gasteiger partial charge in [0.05, 0.1) is 11.1 Å². The van der Waals surface area contributed by atoms with Crippen molar-refractivity contribution in [3.05, 3.63) is 11.5 Å². The Morgan fingerprint density at radius 2 is 2.17 bits per heavy atom. The number of alkyl halides is 1. The average Bonchev–Trinajstić information content (AvgIpc) is 2.72. The summed E-state index contributed by atoms with van der Waals surface area (Å²) in [5.74, 6) is 2.57. The van der Waals surface area contributed by atoms with Crippen molar-refractivity contribution in [2.75, 3.05) is 0 Å². The lowest BCUT2D eigenvalue weighted by molar-refractivity contribution is 0.567. The summed E-state index contributed by atoms with van der Waals surface area (Å²) in [4.78, 5) is 4.69. The molecule has 0 N–H and O–H groups in total. The fourth-order valence-corrected chi connectivity index (χ4v) is 2.89. The molecule has 3 atom stereocenters. The van der Waals surface area contributed by atoms with Gasteiger partial charge in [-0.05, 0) is 32.1 Å². The summed E-state index contributed by atoms with van der Waals surface area (Å²) in [6, 6.07) is 0. The molecule has 2 heterocycles. The zero-order valence-electron chi connectivity index (χ0n) is 11.3. The SMILES string of the molecule is Cc1nn(C)c2c1nc(C(C)Cl)n2CC1CC1C. The third-order valence-electron chi connectivity index (χ3n) is 3.97. The van der Waals surface area contributed by atoms with Crippen LogP contribution in [0.25, 0.3) is 11.2 Å². The average molecular weight is 267 g/mol. The molecule has 5 heteroatoms. The summed E-state index contributed by atoms with van der Waals surface area (Å²) < 4.78 is 4.19. The van der Waals surface area contributed by atoms with Crippen LogP contribution in [0.1, 0.15) is 37.2 Å². The number of nitrogens with zero attached hydrogens (tertiary/aromatic N) is 4. The van der Waals surface area contributed by atoms with Crippen molar-refractivity contribution in [1.29, 1.82) is 0 Å². The van der Waals surface area contributed by atoms with E-state index in [0.717, 1.165) is 41.1 Å². The first-order valence-electron chi connectivity index (χ1n) is 6.52. The lowest BCUT2D eigenvalue weighted by atomic mass is 10.3. The summed E-state index contributed by atoms with van der Waals surface area (Å²) >= 11 is 6.27. The largest absolute Gasteiger partial charge is 0.311 e. The lowest BCUT2D eigenvalue weighted by Crippen LogP contribution is -2.09. The number of rotatable bonds is 3. The molecule has 0 radical (unpaired) electrons. The van der Waals surface area contributed by atoms with Crippen LogP contribution in [0.2, 0.25) is 0 Å². The molecule has 18 heavy (non-hydrogen) atoms. The standard InChI is InChI=1S/C13H19ClN4/c1-7-5-10(7)6-18-12(8(2)14)15-11-9(3)16-17(4)13(11)18/h7-8,10H,5-6H2,1-4H3. The number of aryl methyl sites for hydroxylation is 2. The Morgan fingerprint density at radius 3 is 2.72 bits per heavy atom. The minimum atomic E-state index is -0.0640. The number of fused-ring (bicyclic) bond motifs is 1. The maximum absolute atomic E-state index is 6.27. The molecule has 3 unspecified atom stereocenters. The Balaban J connectivity index is 2.14. The lowest BCUT2D eigenvalue weighted by Gasteiger charge is -2.10. The molecule has 98 valence electrons. The van der Waals surface area contributed by atoms with E-state index in [9.17, 15) is 0 Å². The van der Waals surface area contributed by atoms with Gasteiger partial charge >= 0.3 is 0 Å². The fraction of sp³-hybridized carbons (Fsp3) is 0.692. The number of imidazole rings is 1. The molecule has 0 aliphatic heterocycles. The zero-order valence-corrected chi connectivity index (χ0v) is 12.1. The third-order valence-corrected chi connectivity index (χ3v) is 4.16. The molecule has 0 bridgehead atoms. The van der Waals surface area contributed by atoms with Gasteiger partial charge in [-0.2, -0.15) is 5.10 Å². The van der Waals surface area contributed by atoms with E-state index < -0.39 is 0 Å². The minimum Gasteiger partial charge on any atom is -0.311 e. The smallest absolute Gasteiger partial charge is 0.158 e. The summed E-state index contributed by atoms with van der Waals surface area (Å²) in [7, 11) is 1.98. The normalized spacial score (nSPS) is 24.7. The monoisotopic (exact) mass is 266 g/mol. The highest BCUT2D eigenvalue weighted by atomic mass is 35.5. The molecular weight excluding hydrogens is 248 g/mol. The van der Waals surface area contributed by atoms with Gasteiger partial charge in [0.1, 0.15) is 11.3 Å². The maximum atomic E-state index is 6.27. The molecule has 0 spiro atoms. The van der Waals surface area contributed by atoms with Crippen molar-refractivity contribution >= 4 is 22.8 Å². The molecule has 4 nitrogen and oxygen atoms in total. The van der Waals surface area contributed by atoms with E-state index >= 15 is 0 Å². The number of hydrogen-bond acceptors (Lipinski definition) is 2. The van der Waals surface area contributed by atoms with Gasteiger partial charge in [-0.25, -0.2) is 4.98 Å².